The van der Waals surface area contributed by atoms with Crippen LogP contribution in [-0.4, -0.2) is 54.3 Å². The van der Waals surface area contributed by atoms with Crippen LogP contribution in [0, 0.1) is 0 Å². The van der Waals surface area contributed by atoms with Crippen molar-refractivity contribution in [1.29, 1.82) is 0 Å². The number of nitrogens with one attached hydrogen (secondary N) is 1. The molecule has 1 fully saturated rings. The molecule has 100 valence electrons. The van der Waals surface area contributed by atoms with Gasteiger partial charge >= 0.3 is 0 Å². The van der Waals surface area contributed by atoms with Gasteiger partial charge in [-0.15, -0.1) is 0 Å². The van der Waals surface area contributed by atoms with Crippen molar-refractivity contribution in [2.75, 3.05) is 44.7 Å². The number of aromatic nitrogens is 2. The molecule has 1 aliphatic rings. The van der Waals surface area contributed by atoms with E-state index in [1.807, 2.05) is 6.07 Å². The molecule has 1 N–H and O–H groups in total. The first kappa shape index (κ1) is 13.2. The van der Waals surface area contributed by atoms with Crippen LogP contribution >= 0.6 is 0 Å². The quantitative estimate of drug-likeness (QED) is 0.854. The topological polar surface area (TPSA) is 50.3 Å². The molecule has 2 heterocycles. The molecule has 0 saturated carbocycles. The van der Waals surface area contributed by atoms with Gasteiger partial charge in [-0.1, -0.05) is 13.8 Å². The summed E-state index contributed by atoms with van der Waals surface area (Å²) >= 11 is 0. The zero-order valence-electron chi connectivity index (χ0n) is 11.2. The average molecular weight is 250 g/mol. The van der Waals surface area contributed by atoms with Gasteiger partial charge in [-0.25, -0.2) is 9.97 Å². The van der Waals surface area contributed by atoms with Gasteiger partial charge in [0.2, 0.25) is 0 Å². The van der Waals surface area contributed by atoms with Crippen LogP contribution in [0.3, 0.4) is 0 Å². The zero-order valence-corrected chi connectivity index (χ0v) is 11.2. The molecule has 0 aromatic carbocycles. The summed E-state index contributed by atoms with van der Waals surface area (Å²) in [6.07, 6.45) is 1.63. The third-order valence-electron chi connectivity index (χ3n) is 3.12. The van der Waals surface area contributed by atoms with Crippen LogP contribution in [-0.2, 0) is 4.74 Å². The van der Waals surface area contributed by atoms with Crippen LogP contribution in [0.2, 0.25) is 0 Å². The maximum absolute atomic E-state index is 5.32. The van der Waals surface area contributed by atoms with Crippen molar-refractivity contribution in [3.8, 4) is 0 Å². The fourth-order valence-corrected chi connectivity index (χ4v) is 1.95. The van der Waals surface area contributed by atoms with E-state index in [0.29, 0.717) is 5.92 Å². The Morgan fingerprint density at radius 3 is 2.83 bits per heavy atom. The summed E-state index contributed by atoms with van der Waals surface area (Å²) < 4.78 is 5.32. The highest BCUT2D eigenvalue weighted by Crippen LogP contribution is 2.13. The lowest BCUT2D eigenvalue weighted by atomic mass is 10.1. The molecule has 5 nitrogen and oxygen atoms in total. The van der Waals surface area contributed by atoms with E-state index < -0.39 is 0 Å². The lowest BCUT2D eigenvalue weighted by Crippen LogP contribution is -2.39. The van der Waals surface area contributed by atoms with Crippen LogP contribution in [0.15, 0.2) is 12.4 Å². The molecule has 0 amide bonds. The molecule has 1 aromatic rings. The van der Waals surface area contributed by atoms with Gasteiger partial charge in [0.15, 0.2) is 0 Å². The molecule has 0 atom stereocenters. The molecule has 0 spiro atoms. The molecule has 0 aliphatic carbocycles. The van der Waals surface area contributed by atoms with Crippen molar-refractivity contribution >= 4 is 5.82 Å². The highest BCUT2D eigenvalue weighted by atomic mass is 16.5. The van der Waals surface area contributed by atoms with Crippen LogP contribution < -0.4 is 5.32 Å². The molecular weight excluding hydrogens is 228 g/mol. The molecule has 1 aliphatic heterocycles. The summed E-state index contributed by atoms with van der Waals surface area (Å²) in [7, 11) is 0. The molecule has 0 unspecified atom stereocenters. The summed E-state index contributed by atoms with van der Waals surface area (Å²) in [4.78, 5) is 10.9. The lowest BCUT2D eigenvalue weighted by molar-refractivity contribution is 0.0398. The molecule has 18 heavy (non-hydrogen) atoms. The van der Waals surface area contributed by atoms with Crippen molar-refractivity contribution in [3.05, 3.63) is 18.1 Å². The Balaban J connectivity index is 1.77. The number of ether oxygens (including phenoxy) is 1. The van der Waals surface area contributed by atoms with Gasteiger partial charge < -0.3 is 10.1 Å². The van der Waals surface area contributed by atoms with Gasteiger partial charge in [-0.05, 0) is 5.92 Å². The number of anilines is 1. The monoisotopic (exact) mass is 250 g/mol. The SMILES string of the molecule is CC(C)c1cc(NCCN2CCOCC2)ncn1. The Bertz CT molecular complexity index is 364. The molecule has 2 rings (SSSR count). The minimum absolute atomic E-state index is 0.438. The van der Waals surface area contributed by atoms with Gasteiger partial charge in [-0.2, -0.15) is 0 Å². The van der Waals surface area contributed by atoms with Gasteiger partial charge in [-0.3, -0.25) is 4.90 Å². The van der Waals surface area contributed by atoms with E-state index in [4.69, 9.17) is 4.74 Å². The number of morpholine rings is 1. The Morgan fingerprint density at radius 2 is 2.11 bits per heavy atom. The summed E-state index contributed by atoms with van der Waals surface area (Å²) in [5.41, 5.74) is 1.08. The van der Waals surface area contributed by atoms with Crippen molar-refractivity contribution in [1.82, 2.24) is 14.9 Å². The maximum atomic E-state index is 5.32. The standard InChI is InChI=1S/C13H22N4O/c1-11(2)12-9-13(16-10-15-12)14-3-4-17-5-7-18-8-6-17/h9-11H,3-8H2,1-2H3,(H,14,15,16). The minimum atomic E-state index is 0.438. The molecule has 5 heteroatoms. The predicted molar refractivity (Wildman–Crippen MR) is 71.9 cm³/mol. The second kappa shape index (κ2) is 6.66. The van der Waals surface area contributed by atoms with E-state index in [2.05, 4.69) is 34.0 Å². The summed E-state index contributed by atoms with van der Waals surface area (Å²) in [6, 6.07) is 2.03. The van der Waals surface area contributed by atoms with E-state index >= 15 is 0 Å². The first-order valence-corrected chi connectivity index (χ1v) is 6.61. The first-order chi connectivity index (χ1) is 8.75. The molecule has 0 radical (unpaired) electrons. The molecule has 1 aromatic heterocycles. The Morgan fingerprint density at radius 1 is 1.33 bits per heavy atom. The summed E-state index contributed by atoms with van der Waals surface area (Å²) in [5.74, 6) is 1.36. The van der Waals surface area contributed by atoms with Crippen LogP contribution in [0.25, 0.3) is 0 Å². The van der Waals surface area contributed by atoms with E-state index in [9.17, 15) is 0 Å². The Labute approximate surface area is 109 Å². The van der Waals surface area contributed by atoms with Gasteiger partial charge in [0.1, 0.15) is 12.1 Å². The lowest BCUT2D eigenvalue weighted by Gasteiger charge is -2.26. The zero-order chi connectivity index (χ0) is 12.8. The van der Waals surface area contributed by atoms with Gasteiger partial charge in [0.05, 0.1) is 13.2 Å². The van der Waals surface area contributed by atoms with E-state index in [0.717, 1.165) is 50.9 Å². The minimum Gasteiger partial charge on any atom is -0.379 e. The van der Waals surface area contributed by atoms with E-state index in [-0.39, 0.29) is 0 Å². The normalized spacial score (nSPS) is 17.1. The fraction of sp³-hybridized carbons (Fsp3) is 0.692. The van der Waals surface area contributed by atoms with Gasteiger partial charge in [0, 0.05) is 37.9 Å². The van der Waals surface area contributed by atoms with Gasteiger partial charge in [0.25, 0.3) is 0 Å². The largest absolute Gasteiger partial charge is 0.379 e. The average Bonchev–Trinajstić information content (AvgIpc) is 2.40. The van der Waals surface area contributed by atoms with Crippen LogP contribution in [0.4, 0.5) is 5.82 Å². The van der Waals surface area contributed by atoms with Crippen molar-refractivity contribution < 1.29 is 4.74 Å². The van der Waals surface area contributed by atoms with Crippen LogP contribution in [0.5, 0.6) is 0 Å². The Kier molecular flexibility index (Phi) is 4.90. The Hall–Kier alpha value is -1.20. The molecular formula is C13H22N4O. The maximum Gasteiger partial charge on any atom is 0.129 e. The van der Waals surface area contributed by atoms with Crippen molar-refractivity contribution in [2.24, 2.45) is 0 Å². The smallest absolute Gasteiger partial charge is 0.129 e. The van der Waals surface area contributed by atoms with Crippen molar-refractivity contribution in [3.63, 3.8) is 0 Å². The number of rotatable bonds is 5. The fourth-order valence-electron chi connectivity index (χ4n) is 1.95. The number of hydrogen-bond acceptors (Lipinski definition) is 5. The first-order valence-electron chi connectivity index (χ1n) is 6.61. The molecule has 1 saturated heterocycles. The highest BCUT2D eigenvalue weighted by Gasteiger charge is 2.09. The van der Waals surface area contributed by atoms with E-state index in [1.54, 1.807) is 6.33 Å². The van der Waals surface area contributed by atoms with Crippen LogP contribution in [0.1, 0.15) is 25.5 Å². The van der Waals surface area contributed by atoms with E-state index in [1.165, 1.54) is 0 Å². The third kappa shape index (κ3) is 3.92. The number of hydrogen-bond donors (Lipinski definition) is 1. The summed E-state index contributed by atoms with van der Waals surface area (Å²) in [6.45, 7) is 9.99. The second-order valence-electron chi connectivity index (χ2n) is 4.86. The predicted octanol–water partition coefficient (Wildman–Crippen LogP) is 1.34. The second-order valence-corrected chi connectivity index (χ2v) is 4.86. The highest BCUT2D eigenvalue weighted by molar-refractivity contribution is 5.35. The molecule has 0 bridgehead atoms. The third-order valence-corrected chi connectivity index (χ3v) is 3.12. The summed E-state index contributed by atoms with van der Waals surface area (Å²) in [5, 5.41) is 3.35. The van der Waals surface area contributed by atoms with Crippen molar-refractivity contribution in [2.45, 2.75) is 19.8 Å². The number of nitrogens with zero attached hydrogens (tertiary/aromatic N) is 3.